The van der Waals surface area contributed by atoms with Gasteiger partial charge in [0.15, 0.2) is 11.6 Å². The highest BCUT2D eigenvalue weighted by Crippen LogP contribution is 2.39. The normalized spacial score (nSPS) is 18.1. The van der Waals surface area contributed by atoms with Crippen molar-refractivity contribution in [1.82, 2.24) is 0 Å². The van der Waals surface area contributed by atoms with Crippen LogP contribution in [0.4, 0.5) is 39.5 Å². The third-order valence-corrected chi connectivity index (χ3v) is 5.89. The van der Waals surface area contributed by atoms with Gasteiger partial charge in [0.05, 0.1) is 6.61 Å². The van der Waals surface area contributed by atoms with E-state index in [-0.39, 0.29) is 30.4 Å². The van der Waals surface area contributed by atoms with Crippen molar-refractivity contribution in [3.8, 4) is 17.2 Å². The highest BCUT2D eigenvalue weighted by Gasteiger charge is 2.42. The van der Waals surface area contributed by atoms with Crippen molar-refractivity contribution in [1.29, 1.82) is 0 Å². The van der Waals surface area contributed by atoms with Crippen molar-refractivity contribution < 1.29 is 53.7 Å². The quantitative estimate of drug-likeness (QED) is 0.242. The van der Waals surface area contributed by atoms with Gasteiger partial charge in [-0.2, -0.15) is 22.0 Å². The zero-order valence-electron chi connectivity index (χ0n) is 18.8. The third-order valence-electron chi connectivity index (χ3n) is 5.89. The van der Waals surface area contributed by atoms with Crippen LogP contribution in [0.1, 0.15) is 44.6 Å². The first-order valence-corrected chi connectivity index (χ1v) is 11.0. The summed E-state index contributed by atoms with van der Waals surface area (Å²) in [6, 6.07) is -1.48. The van der Waals surface area contributed by atoms with E-state index in [4.69, 9.17) is 4.74 Å². The third kappa shape index (κ3) is 6.58. The zero-order chi connectivity index (χ0) is 26.6. The summed E-state index contributed by atoms with van der Waals surface area (Å²) in [5.41, 5.74) is -1.85. The molecule has 0 radical (unpaired) electrons. The molecule has 2 aromatic carbocycles. The largest absolute Gasteiger partial charge is 0.493 e. The Morgan fingerprint density at radius 1 is 0.806 bits per heavy atom. The maximum atomic E-state index is 14.5. The van der Waals surface area contributed by atoms with Crippen LogP contribution in [-0.2, 0) is 6.11 Å². The van der Waals surface area contributed by atoms with E-state index in [1.54, 1.807) is 0 Å². The van der Waals surface area contributed by atoms with Crippen LogP contribution in [0.25, 0.3) is 0 Å². The van der Waals surface area contributed by atoms with Gasteiger partial charge in [0, 0.05) is 24.3 Å². The van der Waals surface area contributed by atoms with Crippen LogP contribution >= 0.6 is 0 Å². The Balaban J connectivity index is 1.73. The van der Waals surface area contributed by atoms with Crippen LogP contribution in [0.2, 0.25) is 0 Å². The van der Waals surface area contributed by atoms with Gasteiger partial charge >= 0.3 is 18.2 Å². The van der Waals surface area contributed by atoms with Crippen molar-refractivity contribution in [3.05, 3.63) is 65.2 Å². The van der Waals surface area contributed by atoms with Crippen LogP contribution in [0.5, 0.6) is 17.2 Å². The van der Waals surface area contributed by atoms with Crippen LogP contribution in [0.3, 0.4) is 0 Å². The first kappa shape index (κ1) is 27.5. The SMILES string of the molecule is CCC1CCC(COc2cc(F)c(C(F)(F)Oc3cc(F)c(OC(F)=C(F)F)c(F)c3)c(F)c2)CC1. The number of ether oxygens (including phenoxy) is 3. The van der Waals surface area contributed by atoms with Crippen molar-refractivity contribution in [3.63, 3.8) is 0 Å². The molecule has 12 heteroatoms. The van der Waals surface area contributed by atoms with E-state index in [1.807, 2.05) is 0 Å². The number of alkyl halides is 2. The predicted octanol–water partition coefficient (Wildman–Crippen LogP) is 8.38. The number of halogens is 9. The molecule has 3 rings (SSSR count). The average molecular weight is 528 g/mol. The van der Waals surface area contributed by atoms with Gasteiger partial charge < -0.3 is 14.2 Å². The molecule has 0 amide bonds. The molecule has 1 saturated carbocycles. The molecular formula is C24H21F9O3. The molecule has 1 aliphatic rings. The Kier molecular flexibility index (Phi) is 8.67. The molecule has 0 N–H and O–H groups in total. The Morgan fingerprint density at radius 3 is 1.81 bits per heavy atom. The summed E-state index contributed by atoms with van der Waals surface area (Å²) in [6.07, 6.45) is -2.98. The van der Waals surface area contributed by atoms with Crippen LogP contribution < -0.4 is 14.2 Å². The lowest BCUT2D eigenvalue weighted by atomic mass is 9.81. The van der Waals surface area contributed by atoms with E-state index < -0.39 is 58.5 Å². The zero-order valence-corrected chi connectivity index (χ0v) is 18.8. The van der Waals surface area contributed by atoms with Crippen molar-refractivity contribution in [2.45, 2.75) is 45.1 Å². The van der Waals surface area contributed by atoms with Crippen molar-refractivity contribution in [2.75, 3.05) is 6.61 Å². The molecule has 0 heterocycles. The number of benzene rings is 2. The lowest BCUT2D eigenvalue weighted by Crippen LogP contribution is -2.25. The highest BCUT2D eigenvalue weighted by molar-refractivity contribution is 5.37. The van der Waals surface area contributed by atoms with E-state index >= 15 is 0 Å². The lowest BCUT2D eigenvalue weighted by molar-refractivity contribution is -0.189. The fourth-order valence-corrected chi connectivity index (χ4v) is 3.95. The molecule has 0 atom stereocenters. The predicted molar refractivity (Wildman–Crippen MR) is 109 cm³/mol. The van der Waals surface area contributed by atoms with Crippen LogP contribution in [-0.4, -0.2) is 6.61 Å². The molecule has 1 fully saturated rings. The fourth-order valence-electron chi connectivity index (χ4n) is 3.95. The summed E-state index contributed by atoms with van der Waals surface area (Å²) < 4.78 is 136. The van der Waals surface area contributed by atoms with Gasteiger partial charge in [-0.05, 0) is 24.7 Å². The molecule has 2 aromatic rings. The summed E-state index contributed by atoms with van der Waals surface area (Å²) in [6.45, 7) is 2.25. The fraction of sp³-hybridized carbons (Fsp3) is 0.417. The standard InChI is InChI=1S/C24H21F9O3/c1-2-12-3-5-13(6-4-12)11-34-14-7-16(25)20(17(26)8-14)24(32,33)36-15-9-18(27)21(19(28)10-15)35-23(31)22(29)30/h7-10,12-13H,2-6,11H2,1H3. The minimum Gasteiger partial charge on any atom is -0.493 e. The lowest BCUT2D eigenvalue weighted by Gasteiger charge is -2.27. The van der Waals surface area contributed by atoms with Crippen molar-refractivity contribution >= 4 is 0 Å². The minimum absolute atomic E-state index is 0.0380. The Labute approximate surface area is 200 Å². The monoisotopic (exact) mass is 528 g/mol. The van der Waals surface area contributed by atoms with Gasteiger partial charge in [-0.25, -0.2) is 17.6 Å². The maximum absolute atomic E-state index is 14.5. The van der Waals surface area contributed by atoms with Gasteiger partial charge in [0.1, 0.15) is 28.7 Å². The van der Waals surface area contributed by atoms with Gasteiger partial charge in [-0.3, -0.25) is 0 Å². The Morgan fingerprint density at radius 2 is 1.31 bits per heavy atom. The molecule has 36 heavy (non-hydrogen) atoms. The first-order chi connectivity index (χ1) is 16.9. The summed E-state index contributed by atoms with van der Waals surface area (Å²) in [5.74, 6) is -9.76. The highest BCUT2D eigenvalue weighted by atomic mass is 19.3. The molecular weight excluding hydrogens is 507 g/mol. The van der Waals surface area contributed by atoms with E-state index in [0.29, 0.717) is 18.1 Å². The van der Waals surface area contributed by atoms with E-state index in [0.717, 1.165) is 32.1 Å². The number of hydrogen-bond donors (Lipinski definition) is 0. The summed E-state index contributed by atoms with van der Waals surface area (Å²) >= 11 is 0. The molecule has 0 saturated heterocycles. The second kappa shape index (κ2) is 11.3. The summed E-state index contributed by atoms with van der Waals surface area (Å²) in [4.78, 5) is 0. The Bertz CT molecular complexity index is 1060. The van der Waals surface area contributed by atoms with E-state index in [1.165, 1.54) is 0 Å². The maximum Gasteiger partial charge on any atom is 0.432 e. The molecule has 0 bridgehead atoms. The smallest absolute Gasteiger partial charge is 0.432 e. The molecule has 3 nitrogen and oxygen atoms in total. The van der Waals surface area contributed by atoms with Crippen molar-refractivity contribution in [2.24, 2.45) is 11.8 Å². The van der Waals surface area contributed by atoms with Gasteiger partial charge in [0.25, 0.3) is 0 Å². The summed E-state index contributed by atoms with van der Waals surface area (Å²) in [7, 11) is 0. The Hall–Kier alpha value is -3.05. The average Bonchev–Trinajstić information content (AvgIpc) is 2.79. The molecule has 0 spiro atoms. The molecule has 1 aliphatic carbocycles. The second-order valence-electron chi connectivity index (χ2n) is 8.34. The molecule has 0 aromatic heterocycles. The first-order valence-electron chi connectivity index (χ1n) is 11.0. The van der Waals surface area contributed by atoms with Gasteiger partial charge in [-0.1, -0.05) is 26.2 Å². The molecule has 0 unspecified atom stereocenters. The number of rotatable bonds is 9. The van der Waals surface area contributed by atoms with Gasteiger partial charge in [-0.15, -0.1) is 0 Å². The van der Waals surface area contributed by atoms with Crippen LogP contribution in [0, 0.1) is 35.1 Å². The van der Waals surface area contributed by atoms with Gasteiger partial charge in [0.2, 0.25) is 5.75 Å². The number of hydrogen-bond acceptors (Lipinski definition) is 3. The van der Waals surface area contributed by atoms with E-state index in [2.05, 4.69) is 16.4 Å². The molecule has 0 aliphatic heterocycles. The minimum atomic E-state index is -4.76. The van der Waals surface area contributed by atoms with E-state index in [9.17, 15) is 39.5 Å². The second-order valence-corrected chi connectivity index (χ2v) is 8.34. The topological polar surface area (TPSA) is 27.7 Å². The molecule has 198 valence electrons. The summed E-state index contributed by atoms with van der Waals surface area (Å²) in [5, 5.41) is 0. The van der Waals surface area contributed by atoms with Crippen LogP contribution in [0.15, 0.2) is 36.4 Å².